The van der Waals surface area contributed by atoms with E-state index in [0.717, 1.165) is 45.2 Å². The van der Waals surface area contributed by atoms with Gasteiger partial charge in [-0.05, 0) is 41.5 Å². The number of ether oxygens (including phenoxy) is 3. The van der Waals surface area contributed by atoms with E-state index in [1.807, 2.05) is 53.2 Å². The van der Waals surface area contributed by atoms with Gasteiger partial charge in [-0.3, -0.25) is 0 Å². The molecule has 0 aliphatic carbocycles. The Kier molecular flexibility index (Phi) is 4.54. The Labute approximate surface area is 191 Å². The van der Waals surface area contributed by atoms with Gasteiger partial charge in [0, 0.05) is 11.1 Å². The maximum absolute atomic E-state index is 6.64. The van der Waals surface area contributed by atoms with Crippen LogP contribution in [0.5, 0.6) is 17.2 Å². The zero-order chi connectivity index (χ0) is 22.4. The van der Waals surface area contributed by atoms with Crippen LogP contribution in [0.2, 0.25) is 0 Å². The van der Waals surface area contributed by atoms with Crippen molar-refractivity contribution in [1.82, 2.24) is 14.8 Å². The van der Waals surface area contributed by atoms with Gasteiger partial charge < -0.3 is 19.5 Å². The van der Waals surface area contributed by atoms with Crippen LogP contribution in [0.1, 0.15) is 28.8 Å². The van der Waals surface area contributed by atoms with Gasteiger partial charge in [0.05, 0.1) is 19.9 Å². The molecule has 4 aromatic rings. The molecular formula is C26H22N4O3. The molecule has 0 saturated heterocycles. The SMILES string of the molecule is COc1ccc([C@@H]2C3=C(Nc4ncnn42)c2cc(OC)ccc2O[C@@H]3c2ccccc2)cc1. The van der Waals surface area contributed by atoms with Gasteiger partial charge in [-0.15, -0.1) is 0 Å². The molecule has 6 rings (SSSR count). The van der Waals surface area contributed by atoms with Gasteiger partial charge in [0.2, 0.25) is 5.95 Å². The quantitative estimate of drug-likeness (QED) is 0.491. The standard InChI is InChI=1S/C26H22N4O3/c1-31-18-10-8-16(9-11-18)24-22-23(29-26-27-15-28-30(24)26)20-14-19(32-2)12-13-21(20)33-25(22)17-6-4-3-5-7-17/h3-15,24-25H,1-2H3,(H,27,28,29)/t24-,25-/m1/s1. The lowest BCUT2D eigenvalue weighted by Gasteiger charge is -2.39. The lowest BCUT2D eigenvalue weighted by atomic mass is 9.84. The molecule has 0 fully saturated rings. The molecule has 2 aliphatic heterocycles. The first-order chi connectivity index (χ1) is 16.3. The number of nitrogens with one attached hydrogen (secondary N) is 1. The van der Waals surface area contributed by atoms with Crippen LogP contribution >= 0.6 is 0 Å². The minimum Gasteiger partial charge on any atom is -0.497 e. The fraction of sp³-hybridized carbons (Fsp3) is 0.154. The van der Waals surface area contributed by atoms with E-state index in [1.54, 1.807) is 20.5 Å². The van der Waals surface area contributed by atoms with Gasteiger partial charge in [0.1, 0.15) is 35.7 Å². The zero-order valence-corrected chi connectivity index (χ0v) is 18.2. The van der Waals surface area contributed by atoms with Crippen LogP contribution in [0, 0.1) is 0 Å². The second-order valence-electron chi connectivity index (χ2n) is 7.93. The van der Waals surface area contributed by atoms with Crippen LogP contribution in [-0.4, -0.2) is 29.0 Å². The Bertz CT molecular complexity index is 1350. The highest BCUT2D eigenvalue weighted by Gasteiger charge is 2.41. The Morgan fingerprint density at radius 2 is 1.64 bits per heavy atom. The third kappa shape index (κ3) is 3.12. The van der Waals surface area contributed by atoms with Crippen molar-refractivity contribution in [3.63, 3.8) is 0 Å². The first-order valence-electron chi connectivity index (χ1n) is 10.7. The average molecular weight is 438 g/mol. The first-order valence-corrected chi connectivity index (χ1v) is 10.7. The monoisotopic (exact) mass is 438 g/mol. The number of fused-ring (bicyclic) bond motifs is 3. The van der Waals surface area contributed by atoms with Crippen molar-refractivity contribution in [3.05, 3.63) is 101 Å². The molecule has 1 aromatic heterocycles. The van der Waals surface area contributed by atoms with E-state index in [1.165, 1.54) is 0 Å². The lowest BCUT2D eigenvalue weighted by Crippen LogP contribution is -2.32. The van der Waals surface area contributed by atoms with Gasteiger partial charge in [-0.25, -0.2) is 4.68 Å². The number of hydrogen-bond acceptors (Lipinski definition) is 6. The number of anilines is 1. The summed E-state index contributed by atoms with van der Waals surface area (Å²) in [7, 11) is 3.33. The van der Waals surface area contributed by atoms with Crippen molar-refractivity contribution < 1.29 is 14.2 Å². The summed E-state index contributed by atoms with van der Waals surface area (Å²) in [6.45, 7) is 0. The predicted molar refractivity (Wildman–Crippen MR) is 125 cm³/mol. The molecule has 2 atom stereocenters. The summed E-state index contributed by atoms with van der Waals surface area (Å²) in [5.74, 6) is 3.03. The van der Waals surface area contributed by atoms with Gasteiger partial charge in [-0.1, -0.05) is 42.5 Å². The number of methoxy groups -OCH3 is 2. The highest BCUT2D eigenvalue weighted by molar-refractivity contribution is 5.85. The van der Waals surface area contributed by atoms with E-state index in [9.17, 15) is 0 Å². The third-order valence-corrected chi connectivity index (χ3v) is 6.15. The zero-order valence-electron chi connectivity index (χ0n) is 18.2. The van der Waals surface area contributed by atoms with E-state index < -0.39 is 0 Å². The third-order valence-electron chi connectivity index (χ3n) is 6.15. The molecule has 7 nitrogen and oxygen atoms in total. The van der Waals surface area contributed by atoms with Crippen LogP contribution in [-0.2, 0) is 0 Å². The molecule has 3 aromatic carbocycles. The molecule has 2 aliphatic rings. The maximum atomic E-state index is 6.64. The van der Waals surface area contributed by atoms with E-state index in [0.29, 0.717) is 5.95 Å². The van der Waals surface area contributed by atoms with Crippen LogP contribution in [0.4, 0.5) is 5.95 Å². The predicted octanol–water partition coefficient (Wildman–Crippen LogP) is 4.86. The Balaban J connectivity index is 1.61. The average Bonchev–Trinajstić information content (AvgIpc) is 3.35. The summed E-state index contributed by atoms with van der Waals surface area (Å²) in [5.41, 5.74) is 5.09. The van der Waals surface area contributed by atoms with Crippen molar-refractivity contribution in [1.29, 1.82) is 0 Å². The fourth-order valence-corrected chi connectivity index (χ4v) is 4.59. The summed E-state index contributed by atoms with van der Waals surface area (Å²) in [6.07, 6.45) is 1.27. The Morgan fingerprint density at radius 3 is 2.39 bits per heavy atom. The second-order valence-corrected chi connectivity index (χ2v) is 7.93. The summed E-state index contributed by atoms with van der Waals surface area (Å²) in [5, 5.41) is 8.08. The van der Waals surface area contributed by atoms with Gasteiger partial charge >= 0.3 is 0 Å². The highest BCUT2D eigenvalue weighted by atomic mass is 16.5. The van der Waals surface area contributed by atoms with E-state index in [4.69, 9.17) is 14.2 Å². The normalized spacial score (nSPS) is 18.4. The highest BCUT2D eigenvalue weighted by Crippen LogP contribution is 2.51. The summed E-state index contributed by atoms with van der Waals surface area (Å²) in [6, 6.07) is 24.0. The van der Waals surface area contributed by atoms with Crippen LogP contribution in [0.3, 0.4) is 0 Å². The Hall–Kier alpha value is -4.26. The summed E-state index contributed by atoms with van der Waals surface area (Å²) in [4.78, 5) is 4.48. The number of rotatable bonds is 4. The topological polar surface area (TPSA) is 70.4 Å². The van der Waals surface area contributed by atoms with Crippen LogP contribution in [0.25, 0.3) is 5.70 Å². The molecular weight excluding hydrogens is 416 g/mol. The van der Waals surface area contributed by atoms with Crippen molar-refractivity contribution in [2.75, 3.05) is 19.5 Å². The minimum atomic E-state index is -0.306. The molecule has 1 N–H and O–H groups in total. The van der Waals surface area contributed by atoms with Crippen molar-refractivity contribution >= 4 is 11.6 Å². The summed E-state index contributed by atoms with van der Waals surface area (Å²) >= 11 is 0. The smallest absolute Gasteiger partial charge is 0.226 e. The van der Waals surface area contributed by atoms with Crippen LogP contribution in [0.15, 0.2) is 84.7 Å². The molecule has 3 heterocycles. The number of benzene rings is 3. The van der Waals surface area contributed by atoms with E-state index in [2.05, 4.69) is 39.7 Å². The van der Waals surface area contributed by atoms with Gasteiger partial charge in [-0.2, -0.15) is 10.1 Å². The molecule has 0 amide bonds. The number of hydrogen-bond donors (Lipinski definition) is 1. The van der Waals surface area contributed by atoms with E-state index >= 15 is 0 Å². The van der Waals surface area contributed by atoms with Gasteiger partial charge in [0.25, 0.3) is 0 Å². The molecule has 0 bridgehead atoms. The lowest BCUT2D eigenvalue weighted by molar-refractivity contribution is 0.222. The summed E-state index contributed by atoms with van der Waals surface area (Å²) < 4.78 is 19.4. The largest absolute Gasteiger partial charge is 0.497 e. The molecule has 33 heavy (non-hydrogen) atoms. The van der Waals surface area contributed by atoms with Crippen molar-refractivity contribution in [3.8, 4) is 17.2 Å². The molecule has 0 saturated carbocycles. The molecule has 0 spiro atoms. The molecule has 0 unspecified atom stereocenters. The van der Waals surface area contributed by atoms with E-state index in [-0.39, 0.29) is 12.1 Å². The number of nitrogens with zero attached hydrogens (tertiary/aromatic N) is 3. The fourth-order valence-electron chi connectivity index (χ4n) is 4.59. The maximum Gasteiger partial charge on any atom is 0.226 e. The van der Waals surface area contributed by atoms with Crippen molar-refractivity contribution in [2.45, 2.75) is 12.1 Å². The molecule has 164 valence electrons. The Morgan fingerprint density at radius 1 is 0.879 bits per heavy atom. The molecule has 0 radical (unpaired) electrons. The van der Waals surface area contributed by atoms with Gasteiger partial charge in [0.15, 0.2) is 0 Å². The second kappa shape index (κ2) is 7.70. The molecule has 7 heteroatoms. The van der Waals surface area contributed by atoms with Crippen LogP contribution < -0.4 is 19.5 Å². The number of aromatic nitrogens is 3. The van der Waals surface area contributed by atoms with Crippen molar-refractivity contribution in [2.24, 2.45) is 0 Å². The minimum absolute atomic E-state index is 0.214. The first kappa shape index (κ1) is 19.4.